The summed E-state index contributed by atoms with van der Waals surface area (Å²) in [4.78, 5) is 7.69. The molecule has 0 radical (unpaired) electrons. The van der Waals surface area contributed by atoms with Gasteiger partial charge in [0.05, 0.1) is 12.3 Å². The summed E-state index contributed by atoms with van der Waals surface area (Å²) in [6, 6.07) is 12.1. The number of rotatable bonds is 2. The zero-order chi connectivity index (χ0) is 16.4. The Morgan fingerprint density at radius 2 is 1.78 bits per heavy atom. The van der Waals surface area contributed by atoms with Crippen molar-refractivity contribution >= 4 is 21.6 Å². The molecule has 1 heterocycles. The highest BCUT2D eigenvalue weighted by Gasteiger charge is 2.09. The van der Waals surface area contributed by atoms with Gasteiger partial charge in [0.1, 0.15) is 11.6 Å². The van der Waals surface area contributed by atoms with Gasteiger partial charge in [-0.25, -0.2) is 13.6 Å². The minimum absolute atomic E-state index is 0.301. The first-order chi connectivity index (χ1) is 11.1. The van der Waals surface area contributed by atoms with Crippen LogP contribution in [0.15, 0.2) is 59.2 Å². The molecule has 2 aromatic carbocycles. The molecular formula is C18H9BrF2N2. The second kappa shape index (κ2) is 6.27. The summed E-state index contributed by atoms with van der Waals surface area (Å²) in [5.74, 6) is -1.24. The molecule has 0 atom stereocenters. The van der Waals surface area contributed by atoms with Gasteiger partial charge in [-0.1, -0.05) is 15.9 Å². The fraction of sp³-hybridized carbons (Fsp3) is 0. The molecule has 3 rings (SSSR count). The molecule has 5 heteroatoms. The summed E-state index contributed by atoms with van der Waals surface area (Å²) in [6.45, 7) is 7.12. The first-order valence-electron chi connectivity index (χ1n) is 6.67. The third-order valence-electron chi connectivity index (χ3n) is 3.31. The lowest BCUT2D eigenvalue weighted by molar-refractivity contribution is 0.585. The highest BCUT2D eigenvalue weighted by atomic mass is 79.9. The SMILES string of the molecule is [C-]#[N+]c1cc(Br)cc(-c2cc(-c3ccc(F)cc3F)ccn2)c1. The van der Waals surface area contributed by atoms with Gasteiger partial charge in [-0.2, -0.15) is 0 Å². The third-order valence-corrected chi connectivity index (χ3v) is 3.77. The van der Waals surface area contributed by atoms with E-state index in [1.807, 2.05) is 6.07 Å². The smallest absolute Gasteiger partial charge is 0.189 e. The highest BCUT2D eigenvalue weighted by molar-refractivity contribution is 9.10. The van der Waals surface area contributed by atoms with Crippen molar-refractivity contribution in [1.29, 1.82) is 0 Å². The van der Waals surface area contributed by atoms with Crippen molar-refractivity contribution in [2.75, 3.05) is 0 Å². The normalized spacial score (nSPS) is 10.3. The van der Waals surface area contributed by atoms with Crippen molar-refractivity contribution in [1.82, 2.24) is 4.98 Å². The predicted octanol–water partition coefficient (Wildman–Crippen LogP) is 6.01. The van der Waals surface area contributed by atoms with Gasteiger partial charge >= 0.3 is 0 Å². The van der Waals surface area contributed by atoms with Gasteiger partial charge < -0.3 is 0 Å². The van der Waals surface area contributed by atoms with E-state index >= 15 is 0 Å². The van der Waals surface area contributed by atoms with E-state index in [0.29, 0.717) is 22.5 Å². The number of nitrogens with zero attached hydrogens (tertiary/aromatic N) is 2. The van der Waals surface area contributed by atoms with Crippen molar-refractivity contribution < 1.29 is 8.78 Å². The maximum absolute atomic E-state index is 13.9. The Labute approximate surface area is 140 Å². The molecule has 3 aromatic rings. The molecule has 0 bridgehead atoms. The van der Waals surface area contributed by atoms with E-state index in [0.717, 1.165) is 16.1 Å². The molecule has 2 nitrogen and oxygen atoms in total. The molecule has 0 spiro atoms. The molecule has 112 valence electrons. The van der Waals surface area contributed by atoms with Crippen LogP contribution in [0.5, 0.6) is 0 Å². The standard InChI is InChI=1S/C18H9BrF2N2/c1-22-15-7-12(6-13(19)9-15)18-8-11(4-5-23-18)16-3-2-14(20)10-17(16)21/h2-10H. The Hall–Kier alpha value is -2.58. The van der Waals surface area contributed by atoms with Gasteiger partial charge in [-0.05, 0) is 53.6 Å². The lowest BCUT2D eigenvalue weighted by atomic mass is 10.0. The average Bonchev–Trinajstić information content (AvgIpc) is 2.54. The molecule has 0 aliphatic carbocycles. The third kappa shape index (κ3) is 3.27. The molecule has 1 aromatic heterocycles. The number of hydrogen-bond donors (Lipinski definition) is 0. The number of halogens is 3. The first kappa shape index (κ1) is 15.3. The van der Waals surface area contributed by atoms with Crippen LogP contribution in [0.3, 0.4) is 0 Å². The summed E-state index contributed by atoms with van der Waals surface area (Å²) in [6.07, 6.45) is 1.56. The van der Waals surface area contributed by atoms with Gasteiger partial charge in [-0.15, -0.1) is 0 Å². The molecule has 0 unspecified atom stereocenters. The Morgan fingerprint density at radius 3 is 2.52 bits per heavy atom. The topological polar surface area (TPSA) is 17.2 Å². The molecule has 0 saturated heterocycles. The summed E-state index contributed by atoms with van der Waals surface area (Å²) >= 11 is 3.36. The molecule has 0 fully saturated rings. The van der Waals surface area contributed by atoms with Crippen LogP contribution in [0, 0.1) is 18.2 Å². The van der Waals surface area contributed by atoms with Crippen molar-refractivity contribution in [2.45, 2.75) is 0 Å². The van der Waals surface area contributed by atoms with Crippen LogP contribution in [-0.2, 0) is 0 Å². The fourth-order valence-electron chi connectivity index (χ4n) is 2.27. The Bertz CT molecular complexity index is 933. The van der Waals surface area contributed by atoms with E-state index in [1.165, 1.54) is 12.1 Å². The van der Waals surface area contributed by atoms with E-state index in [1.54, 1.807) is 30.5 Å². The van der Waals surface area contributed by atoms with E-state index < -0.39 is 11.6 Å². The van der Waals surface area contributed by atoms with Crippen LogP contribution < -0.4 is 0 Å². The van der Waals surface area contributed by atoms with Crippen LogP contribution in [0.4, 0.5) is 14.5 Å². The molecule has 0 N–H and O–H groups in total. The maximum Gasteiger partial charge on any atom is 0.189 e. The minimum Gasteiger partial charge on any atom is -0.256 e. The average molecular weight is 371 g/mol. The maximum atomic E-state index is 13.9. The Balaban J connectivity index is 2.10. The highest BCUT2D eigenvalue weighted by Crippen LogP contribution is 2.31. The lowest BCUT2D eigenvalue weighted by Gasteiger charge is -2.07. The minimum atomic E-state index is -0.627. The molecule has 23 heavy (non-hydrogen) atoms. The zero-order valence-corrected chi connectivity index (χ0v) is 13.3. The number of pyridine rings is 1. The van der Waals surface area contributed by atoms with E-state index in [2.05, 4.69) is 25.8 Å². The predicted molar refractivity (Wildman–Crippen MR) is 89.0 cm³/mol. The summed E-state index contributed by atoms with van der Waals surface area (Å²) in [5.41, 5.74) is 2.73. The monoisotopic (exact) mass is 370 g/mol. The Morgan fingerprint density at radius 1 is 0.957 bits per heavy atom. The van der Waals surface area contributed by atoms with Crippen molar-refractivity contribution in [3.05, 3.63) is 82.3 Å². The molecule has 0 saturated carbocycles. The first-order valence-corrected chi connectivity index (χ1v) is 7.46. The van der Waals surface area contributed by atoms with Crippen LogP contribution >= 0.6 is 15.9 Å². The number of aromatic nitrogens is 1. The van der Waals surface area contributed by atoms with E-state index in [-0.39, 0.29) is 0 Å². The van der Waals surface area contributed by atoms with Crippen molar-refractivity contribution in [3.8, 4) is 22.4 Å². The largest absolute Gasteiger partial charge is 0.256 e. The molecule has 0 amide bonds. The second-order valence-electron chi connectivity index (χ2n) is 4.86. The van der Waals surface area contributed by atoms with Crippen LogP contribution in [0.1, 0.15) is 0 Å². The fourth-order valence-corrected chi connectivity index (χ4v) is 2.75. The number of hydrogen-bond acceptors (Lipinski definition) is 1. The van der Waals surface area contributed by atoms with E-state index in [4.69, 9.17) is 6.57 Å². The molecule has 0 aliphatic rings. The lowest BCUT2D eigenvalue weighted by Crippen LogP contribution is -1.89. The van der Waals surface area contributed by atoms with Gasteiger partial charge in [0.2, 0.25) is 0 Å². The zero-order valence-electron chi connectivity index (χ0n) is 11.7. The van der Waals surface area contributed by atoms with Crippen molar-refractivity contribution in [3.63, 3.8) is 0 Å². The quantitative estimate of drug-likeness (QED) is 0.505. The van der Waals surface area contributed by atoms with E-state index in [9.17, 15) is 8.78 Å². The van der Waals surface area contributed by atoms with Crippen LogP contribution in [-0.4, -0.2) is 4.98 Å². The summed E-state index contributed by atoms with van der Waals surface area (Å²) < 4.78 is 27.8. The van der Waals surface area contributed by atoms with Gasteiger partial charge in [0.15, 0.2) is 5.69 Å². The van der Waals surface area contributed by atoms with Gasteiger partial charge in [0, 0.05) is 22.3 Å². The second-order valence-corrected chi connectivity index (χ2v) is 5.78. The summed E-state index contributed by atoms with van der Waals surface area (Å²) in [7, 11) is 0. The Kier molecular flexibility index (Phi) is 4.18. The van der Waals surface area contributed by atoms with Crippen LogP contribution in [0.25, 0.3) is 27.2 Å². The summed E-state index contributed by atoms with van der Waals surface area (Å²) in [5, 5.41) is 0. The molecule has 0 aliphatic heterocycles. The van der Waals surface area contributed by atoms with Gasteiger partial charge in [0.25, 0.3) is 0 Å². The van der Waals surface area contributed by atoms with Crippen molar-refractivity contribution in [2.24, 2.45) is 0 Å². The number of benzene rings is 2. The molecular weight excluding hydrogens is 362 g/mol. The van der Waals surface area contributed by atoms with Gasteiger partial charge in [-0.3, -0.25) is 4.98 Å². The van der Waals surface area contributed by atoms with Crippen LogP contribution in [0.2, 0.25) is 0 Å².